The number of nitro benzene ring substituents is 1. The molecule has 3 aromatic rings. The third kappa shape index (κ3) is 3.99. The predicted octanol–water partition coefficient (Wildman–Crippen LogP) is 3.88. The van der Waals surface area contributed by atoms with Crippen LogP contribution in [0.1, 0.15) is 12.6 Å². The highest BCUT2D eigenvalue weighted by atomic mass is 32.2. The standard InChI is InChI=1S/C18H18N6O4S/c1-3-29(27,28)14-9-10-15(16(11-14)24(25)26)20-21-17-12(2)22-23(18(17)19)13-7-5-4-6-8-13/h4-11H,3,19H2,1-2H3/b21-20+. The molecule has 1 aromatic heterocycles. The molecule has 0 fully saturated rings. The van der Waals surface area contributed by atoms with Crippen molar-refractivity contribution in [3.8, 4) is 5.69 Å². The molecule has 150 valence electrons. The quantitative estimate of drug-likeness (QED) is 0.368. The molecule has 0 saturated carbocycles. The van der Waals surface area contributed by atoms with Gasteiger partial charge in [-0.05, 0) is 31.2 Å². The van der Waals surface area contributed by atoms with Crippen LogP contribution in [0.3, 0.4) is 0 Å². The monoisotopic (exact) mass is 414 g/mol. The van der Waals surface area contributed by atoms with Gasteiger partial charge in [-0.2, -0.15) is 5.10 Å². The molecule has 3 rings (SSSR count). The third-order valence-corrected chi connectivity index (χ3v) is 5.94. The number of nitrogens with zero attached hydrogens (tertiary/aromatic N) is 5. The van der Waals surface area contributed by atoms with Crippen LogP contribution in [0.15, 0.2) is 63.7 Å². The van der Waals surface area contributed by atoms with E-state index >= 15 is 0 Å². The van der Waals surface area contributed by atoms with Gasteiger partial charge >= 0.3 is 0 Å². The molecule has 0 aliphatic carbocycles. The van der Waals surface area contributed by atoms with Crippen molar-refractivity contribution >= 4 is 32.7 Å². The predicted molar refractivity (Wildman–Crippen MR) is 108 cm³/mol. The molecule has 10 nitrogen and oxygen atoms in total. The highest BCUT2D eigenvalue weighted by molar-refractivity contribution is 7.91. The molecule has 0 aliphatic rings. The first kappa shape index (κ1) is 20.1. The molecule has 0 spiro atoms. The van der Waals surface area contributed by atoms with Gasteiger partial charge in [0.05, 0.1) is 27.0 Å². The Morgan fingerprint density at radius 1 is 1.17 bits per heavy atom. The van der Waals surface area contributed by atoms with Gasteiger partial charge in [-0.1, -0.05) is 25.1 Å². The number of aromatic nitrogens is 2. The van der Waals surface area contributed by atoms with Crippen molar-refractivity contribution in [2.75, 3.05) is 11.5 Å². The molecule has 0 unspecified atom stereocenters. The first-order valence-corrected chi connectivity index (χ1v) is 10.2. The third-order valence-electron chi connectivity index (χ3n) is 4.20. The van der Waals surface area contributed by atoms with Crippen molar-refractivity contribution in [2.45, 2.75) is 18.7 Å². The van der Waals surface area contributed by atoms with Gasteiger partial charge in [0, 0.05) is 6.07 Å². The summed E-state index contributed by atoms with van der Waals surface area (Å²) in [6.07, 6.45) is 0. The van der Waals surface area contributed by atoms with E-state index in [1.54, 1.807) is 6.92 Å². The van der Waals surface area contributed by atoms with Crippen molar-refractivity contribution in [3.05, 3.63) is 64.3 Å². The maximum absolute atomic E-state index is 12.0. The molecule has 0 bridgehead atoms. The number of rotatable bonds is 6. The van der Waals surface area contributed by atoms with Gasteiger partial charge in [0.2, 0.25) is 0 Å². The Balaban J connectivity index is 2.03. The average Bonchev–Trinajstić information content (AvgIpc) is 3.00. The van der Waals surface area contributed by atoms with Crippen molar-refractivity contribution in [2.24, 2.45) is 10.2 Å². The summed E-state index contributed by atoms with van der Waals surface area (Å²) >= 11 is 0. The fourth-order valence-corrected chi connectivity index (χ4v) is 3.52. The molecule has 0 radical (unpaired) electrons. The Bertz CT molecular complexity index is 1200. The minimum absolute atomic E-state index is 0.0867. The number of nitro groups is 1. The summed E-state index contributed by atoms with van der Waals surface area (Å²) in [4.78, 5) is 10.5. The number of anilines is 1. The van der Waals surface area contributed by atoms with Crippen molar-refractivity contribution in [3.63, 3.8) is 0 Å². The second kappa shape index (κ2) is 7.80. The van der Waals surface area contributed by atoms with E-state index in [1.165, 1.54) is 23.7 Å². The van der Waals surface area contributed by atoms with Gasteiger partial charge in [0.25, 0.3) is 5.69 Å². The molecule has 1 heterocycles. The summed E-state index contributed by atoms with van der Waals surface area (Å²) < 4.78 is 25.5. The van der Waals surface area contributed by atoms with Crippen LogP contribution in [0.2, 0.25) is 0 Å². The van der Waals surface area contributed by atoms with Crippen molar-refractivity contribution < 1.29 is 13.3 Å². The smallest absolute Gasteiger partial charge is 0.298 e. The number of aryl methyl sites for hydroxylation is 1. The lowest BCUT2D eigenvalue weighted by molar-refractivity contribution is -0.384. The first-order chi connectivity index (χ1) is 13.7. The number of benzene rings is 2. The van der Waals surface area contributed by atoms with E-state index in [0.717, 1.165) is 11.8 Å². The molecule has 0 saturated heterocycles. The highest BCUT2D eigenvalue weighted by Gasteiger charge is 2.21. The summed E-state index contributed by atoms with van der Waals surface area (Å²) in [6, 6.07) is 12.7. The molecule has 0 amide bonds. The second-order valence-electron chi connectivity index (χ2n) is 6.08. The fraction of sp³-hybridized carbons (Fsp3) is 0.167. The lowest BCUT2D eigenvalue weighted by Gasteiger charge is -2.03. The first-order valence-electron chi connectivity index (χ1n) is 8.58. The van der Waals surface area contributed by atoms with Crippen LogP contribution >= 0.6 is 0 Å². The van der Waals surface area contributed by atoms with Gasteiger partial charge in [-0.15, -0.1) is 10.2 Å². The van der Waals surface area contributed by atoms with Gasteiger partial charge in [0.1, 0.15) is 0 Å². The van der Waals surface area contributed by atoms with Gasteiger partial charge in [0.15, 0.2) is 27.0 Å². The molecule has 0 atom stereocenters. The van der Waals surface area contributed by atoms with Crippen LogP contribution in [-0.4, -0.2) is 28.9 Å². The summed E-state index contributed by atoms with van der Waals surface area (Å²) in [7, 11) is -3.59. The van der Waals surface area contributed by atoms with Crippen LogP contribution in [0.5, 0.6) is 0 Å². The zero-order chi connectivity index (χ0) is 21.2. The SMILES string of the molecule is CCS(=O)(=O)c1ccc(/N=N/c2c(C)nn(-c3ccccc3)c2N)c([N+](=O)[O-])c1. The molecule has 0 aliphatic heterocycles. The minimum Gasteiger partial charge on any atom is -0.382 e. The van der Waals surface area contributed by atoms with E-state index in [-0.39, 0.29) is 27.8 Å². The molecular formula is C18H18N6O4S. The zero-order valence-electron chi connectivity index (χ0n) is 15.7. The van der Waals surface area contributed by atoms with Gasteiger partial charge < -0.3 is 5.73 Å². The van der Waals surface area contributed by atoms with Gasteiger partial charge in [-0.3, -0.25) is 10.1 Å². The Labute approximate surface area is 166 Å². The number of para-hydroxylation sites is 1. The van der Waals surface area contributed by atoms with Gasteiger partial charge in [-0.25, -0.2) is 13.1 Å². The number of nitrogen functional groups attached to an aromatic ring is 1. The fourth-order valence-electron chi connectivity index (χ4n) is 2.62. The Kier molecular flexibility index (Phi) is 5.41. The lowest BCUT2D eigenvalue weighted by Crippen LogP contribution is -2.04. The summed E-state index contributed by atoms with van der Waals surface area (Å²) in [5, 5.41) is 23.7. The molecular weight excluding hydrogens is 396 g/mol. The van der Waals surface area contributed by atoms with E-state index in [9.17, 15) is 18.5 Å². The second-order valence-corrected chi connectivity index (χ2v) is 8.36. The maximum atomic E-state index is 12.0. The molecule has 29 heavy (non-hydrogen) atoms. The number of hydrogen-bond acceptors (Lipinski definition) is 8. The lowest BCUT2D eigenvalue weighted by atomic mass is 10.3. The van der Waals surface area contributed by atoms with Crippen LogP contribution < -0.4 is 5.73 Å². The van der Waals surface area contributed by atoms with E-state index in [4.69, 9.17) is 5.73 Å². The molecule has 2 aromatic carbocycles. The van der Waals surface area contributed by atoms with E-state index in [0.29, 0.717) is 5.69 Å². The average molecular weight is 414 g/mol. The minimum atomic E-state index is -3.59. The van der Waals surface area contributed by atoms with Crippen LogP contribution in [0, 0.1) is 17.0 Å². The number of azo groups is 1. The van der Waals surface area contributed by atoms with Crippen LogP contribution in [-0.2, 0) is 9.84 Å². The number of hydrogen-bond donors (Lipinski definition) is 1. The number of sulfone groups is 1. The van der Waals surface area contributed by atoms with Crippen molar-refractivity contribution in [1.29, 1.82) is 0 Å². The zero-order valence-corrected chi connectivity index (χ0v) is 16.5. The summed E-state index contributed by atoms with van der Waals surface area (Å²) in [5.41, 5.74) is 7.07. The largest absolute Gasteiger partial charge is 0.382 e. The van der Waals surface area contributed by atoms with E-state index in [1.807, 2.05) is 30.3 Å². The van der Waals surface area contributed by atoms with Crippen LogP contribution in [0.4, 0.5) is 22.9 Å². The Morgan fingerprint density at radius 2 is 1.86 bits per heavy atom. The summed E-state index contributed by atoms with van der Waals surface area (Å²) in [5.74, 6) is 0.0599. The molecule has 2 N–H and O–H groups in total. The normalized spacial score (nSPS) is 11.8. The Morgan fingerprint density at radius 3 is 2.48 bits per heavy atom. The topological polar surface area (TPSA) is 146 Å². The van der Waals surface area contributed by atoms with Crippen molar-refractivity contribution in [1.82, 2.24) is 9.78 Å². The maximum Gasteiger partial charge on any atom is 0.298 e. The van der Waals surface area contributed by atoms with E-state index < -0.39 is 20.4 Å². The molecule has 11 heteroatoms. The van der Waals surface area contributed by atoms with Crippen LogP contribution in [0.25, 0.3) is 5.69 Å². The Hall–Kier alpha value is -3.60. The highest BCUT2D eigenvalue weighted by Crippen LogP contribution is 2.34. The number of nitrogens with two attached hydrogens (primary N) is 1. The summed E-state index contributed by atoms with van der Waals surface area (Å²) in [6.45, 7) is 3.15. The van der Waals surface area contributed by atoms with E-state index in [2.05, 4.69) is 15.3 Å².